The standard InChI is InChI=1S/C28H28N4O3S/c1-18-8-14-24(31(18)19-9-11-20(33-2)12-10-19)27-26(22-7-5-6-16-29-22)30-28(36)32(27)23-15-13-21(34-3)17-25(23)35-4/h5-17,26-27H,1-4H3,(H,30,36)/t26-,27+/m0/s1. The van der Waals surface area contributed by atoms with Crippen molar-refractivity contribution in [3.63, 3.8) is 0 Å². The molecule has 184 valence electrons. The third-order valence-corrected chi connectivity index (χ3v) is 6.80. The van der Waals surface area contributed by atoms with Crippen LogP contribution in [0.25, 0.3) is 5.69 Å². The fourth-order valence-corrected chi connectivity index (χ4v) is 5.11. The molecule has 0 aliphatic carbocycles. The molecule has 0 saturated carbocycles. The second-order valence-corrected chi connectivity index (χ2v) is 8.85. The highest BCUT2D eigenvalue weighted by atomic mass is 32.1. The first-order chi connectivity index (χ1) is 17.5. The number of nitrogens with zero attached hydrogens (tertiary/aromatic N) is 3. The van der Waals surface area contributed by atoms with E-state index < -0.39 is 0 Å². The van der Waals surface area contributed by atoms with Gasteiger partial charge in [-0.2, -0.15) is 0 Å². The summed E-state index contributed by atoms with van der Waals surface area (Å²) < 4.78 is 18.8. The van der Waals surface area contributed by atoms with Crippen LogP contribution in [0.2, 0.25) is 0 Å². The Morgan fingerprint density at radius 1 is 0.861 bits per heavy atom. The highest BCUT2D eigenvalue weighted by molar-refractivity contribution is 7.80. The van der Waals surface area contributed by atoms with Gasteiger partial charge in [-0.15, -0.1) is 0 Å². The number of benzene rings is 2. The second kappa shape index (κ2) is 9.91. The summed E-state index contributed by atoms with van der Waals surface area (Å²) in [5.74, 6) is 2.19. The third kappa shape index (κ3) is 4.13. The van der Waals surface area contributed by atoms with Gasteiger partial charge in [0.05, 0.1) is 38.8 Å². The van der Waals surface area contributed by atoms with E-state index in [0.717, 1.165) is 34.2 Å². The van der Waals surface area contributed by atoms with E-state index in [1.165, 1.54) is 0 Å². The average molecular weight is 501 g/mol. The number of anilines is 1. The van der Waals surface area contributed by atoms with Crippen LogP contribution in [0.3, 0.4) is 0 Å². The van der Waals surface area contributed by atoms with Crippen LogP contribution in [0.4, 0.5) is 5.69 Å². The molecule has 1 aliphatic rings. The van der Waals surface area contributed by atoms with Crippen LogP contribution in [0.15, 0.2) is 79.0 Å². The van der Waals surface area contributed by atoms with Crippen LogP contribution >= 0.6 is 12.2 Å². The number of nitrogens with one attached hydrogen (secondary N) is 1. The molecule has 3 heterocycles. The molecule has 2 aromatic heterocycles. The van der Waals surface area contributed by atoms with Crippen molar-refractivity contribution in [3.8, 4) is 22.9 Å². The smallest absolute Gasteiger partial charge is 0.174 e. The van der Waals surface area contributed by atoms with E-state index >= 15 is 0 Å². The molecule has 0 bridgehead atoms. The Labute approximate surface area is 216 Å². The monoisotopic (exact) mass is 500 g/mol. The van der Waals surface area contributed by atoms with Crippen molar-refractivity contribution in [1.29, 1.82) is 0 Å². The molecule has 4 aromatic rings. The van der Waals surface area contributed by atoms with Gasteiger partial charge in [-0.1, -0.05) is 6.07 Å². The quantitative estimate of drug-likeness (QED) is 0.342. The minimum Gasteiger partial charge on any atom is -0.497 e. The largest absolute Gasteiger partial charge is 0.497 e. The number of aromatic nitrogens is 2. The highest BCUT2D eigenvalue weighted by Crippen LogP contribution is 2.46. The van der Waals surface area contributed by atoms with Gasteiger partial charge in [0, 0.05) is 29.3 Å². The van der Waals surface area contributed by atoms with Crippen molar-refractivity contribution >= 4 is 23.0 Å². The highest BCUT2D eigenvalue weighted by Gasteiger charge is 2.43. The summed E-state index contributed by atoms with van der Waals surface area (Å²) in [5.41, 5.74) is 4.96. The molecular formula is C28H28N4O3S. The van der Waals surface area contributed by atoms with E-state index in [2.05, 4.69) is 51.0 Å². The lowest BCUT2D eigenvalue weighted by atomic mass is 10.0. The molecule has 1 fully saturated rings. The molecule has 0 spiro atoms. The van der Waals surface area contributed by atoms with Gasteiger partial charge in [-0.25, -0.2) is 0 Å². The van der Waals surface area contributed by atoms with Gasteiger partial charge in [-0.3, -0.25) is 4.98 Å². The lowest BCUT2D eigenvalue weighted by Gasteiger charge is -2.30. The molecule has 5 rings (SSSR count). The molecule has 8 heteroatoms. The topological polar surface area (TPSA) is 60.8 Å². The summed E-state index contributed by atoms with van der Waals surface area (Å²) >= 11 is 5.92. The average Bonchev–Trinajstić information content (AvgIpc) is 3.47. The van der Waals surface area contributed by atoms with Gasteiger partial charge in [0.2, 0.25) is 0 Å². The van der Waals surface area contributed by atoms with Crippen molar-refractivity contribution in [1.82, 2.24) is 14.9 Å². The van der Waals surface area contributed by atoms with Crippen molar-refractivity contribution < 1.29 is 14.2 Å². The van der Waals surface area contributed by atoms with Crippen molar-refractivity contribution in [2.45, 2.75) is 19.0 Å². The van der Waals surface area contributed by atoms with Crippen molar-refractivity contribution in [3.05, 3.63) is 96.1 Å². The normalized spacial score (nSPS) is 17.1. The maximum absolute atomic E-state index is 5.92. The van der Waals surface area contributed by atoms with Crippen LogP contribution in [0, 0.1) is 6.92 Å². The number of rotatable bonds is 7. The van der Waals surface area contributed by atoms with E-state index in [1.54, 1.807) is 21.3 Å². The maximum atomic E-state index is 5.92. The van der Waals surface area contributed by atoms with E-state index in [-0.39, 0.29) is 12.1 Å². The molecule has 2 atom stereocenters. The minimum atomic E-state index is -0.203. The Kier molecular flexibility index (Phi) is 6.52. The molecule has 0 radical (unpaired) electrons. The number of aryl methyl sites for hydroxylation is 1. The first-order valence-electron chi connectivity index (χ1n) is 11.6. The summed E-state index contributed by atoms with van der Waals surface area (Å²) in [4.78, 5) is 6.79. The molecule has 1 saturated heterocycles. The number of thiocarbonyl (C=S) groups is 1. The van der Waals surface area contributed by atoms with Crippen LogP contribution in [0.1, 0.15) is 29.2 Å². The maximum Gasteiger partial charge on any atom is 0.174 e. The molecule has 0 unspecified atom stereocenters. The van der Waals surface area contributed by atoms with Crippen molar-refractivity contribution in [2.24, 2.45) is 0 Å². The van der Waals surface area contributed by atoms with Crippen LogP contribution in [-0.4, -0.2) is 36.0 Å². The molecule has 7 nitrogen and oxygen atoms in total. The number of pyridine rings is 1. The van der Waals surface area contributed by atoms with E-state index in [4.69, 9.17) is 26.4 Å². The zero-order valence-corrected chi connectivity index (χ0v) is 21.5. The first-order valence-corrected chi connectivity index (χ1v) is 12.0. The second-order valence-electron chi connectivity index (χ2n) is 8.47. The van der Waals surface area contributed by atoms with Gasteiger partial charge < -0.3 is 29.0 Å². The Morgan fingerprint density at radius 2 is 1.61 bits per heavy atom. The van der Waals surface area contributed by atoms with Gasteiger partial charge in [0.25, 0.3) is 0 Å². The molecule has 1 aliphatic heterocycles. The van der Waals surface area contributed by atoms with Crippen LogP contribution < -0.4 is 24.4 Å². The molecular weight excluding hydrogens is 472 g/mol. The van der Waals surface area contributed by atoms with Crippen LogP contribution in [-0.2, 0) is 0 Å². The van der Waals surface area contributed by atoms with Crippen molar-refractivity contribution in [2.75, 3.05) is 26.2 Å². The Balaban J connectivity index is 1.70. The fraction of sp³-hybridized carbons (Fsp3) is 0.214. The Morgan fingerprint density at radius 3 is 2.28 bits per heavy atom. The number of methoxy groups -OCH3 is 3. The molecule has 2 aromatic carbocycles. The third-order valence-electron chi connectivity index (χ3n) is 6.48. The lowest BCUT2D eigenvalue weighted by Crippen LogP contribution is -2.30. The predicted molar refractivity (Wildman–Crippen MR) is 145 cm³/mol. The Hall–Kier alpha value is -4.04. The summed E-state index contributed by atoms with van der Waals surface area (Å²) in [6.07, 6.45) is 1.81. The van der Waals surface area contributed by atoms with Gasteiger partial charge >= 0.3 is 0 Å². The molecule has 0 amide bonds. The van der Waals surface area contributed by atoms with Gasteiger partial charge in [-0.05, 0) is 79.8 Å². The SMILES string of the molecule is COc1ccc(-n2c(C)ccc2[C@@H]2[C@H](c3ccccn3)NC(=S)N2c2ccc(OC)cc2OC)cc1. The molecule has 1 N–H and O–H groups in total. The fourth-order valence-electron chi connectivity index (χ4n) is 4.77. The summed E-state index contributed by atoms with van der Waals surface area (Å²) in [7, 11) is 4.96. The van der Waals surface area contributed by atoms with E-state index in [1.807, 2.05) is 54.7 Å². The summed E-state index contributed by atoms with van der Waals surface area (Å²) in [6.45, 7) is 2.10. The van der Waals surface area contributed by atoms with E-state index in [9.17, 15) is 0 Å². The van der Waals surface area contributed by atoms with E-state index in [0.29, 0.717) is 16.6 Å². The van der Waals surface area contributed by atoms with Crippen LogP contribution in [0.5, 0.6) is 17.2 Å². The molecule has 36 heavy (non-hydrogen) atoms. The number of ether oxygens (including phenoxy) is 3. The summed E-state index contributed by atoms with van der Waals surface area (Å²) in [5, 5.41) is 4.12. The summed E-state index contributed by atoms with van der Waals surface area (Å²) in [6, 6.07) is 23.6. The lowest BCUT2D eigenvalue weighted by molar-refractivity contribution is 0.394. The first kappa shape index (κ1) is 23.7. The number of hydrogen-bond donors (Lipinski definition) is 1. The number of hydrogen-bond acceptors (Lipinski definition) is 5. The zero-order chi connectivity index (χ0) is 25.2. The minimum absolute atomic E-state index is 0.184. The van der Waals surface area contributed by atoms with Gasteiger partial charge in [0.1, 0.15) is 23.3 Å². The zero-order valence-electron chi connectivity index (χ0n) is 20.6. The Bertz CT molecular complexity index is 1370. The predicted octanol–water partition coefficient (Wildman–Crippen LogP) is 5.38. The van der Waals surface area contributed by atoms with Gasteiger partial charge in [0.15, 0.2) is 5.11 Å².